The fraction of sp³-hybridized carbons (Fsp3) is 0.405. The van der Waals surface area contributed by atoms with Crippen LogP contribution in [0.1, 0.15) is 75.6 Å². The van der Waals surface area contributed by atoms with Crippen molar-refractivity contribution >= 4 is 11.9 Å². The number of aryl methyl sites for hydroxylation is 2. The van der Waals surface area contributed by atoms with Crippen LogP contribution >= 0.6 is 0 Å². The molecule has 0 bridgehead atoms. The number of ether oxygens (including phenoxy) is 4. The maximum absolute atomic E-state index is 14.9. The highest BCUT2D eigenvalue weighted by Crippen LogP contribution is 2.40. The van der Waals surface area contributed by atoms with Gasteiger partial charge in [-0.2, -0.15) is 17.6 Å². The number of rotatable bonds is 17. The van der Waals surface area contributed by atoms with Crippen LogP contribution in [0.5, 0.6) is 11.5 Å². The van der Waals surface area contributed by atoms with Crippen LogP contribution in [-0.2, 0) is 44.1 Å². The Hall–Kier alpha value is -4.69. The van der Waals surface area contributed by atoms with Gasteiger partial charge < -0.3 is 18.9 Å². The first-order valence-electron chi connectivity index (χ1n) is 16.0. The minimum absolute atomic E-state index is 0.00407. The van der Waals surface area contributed by atoms with Gasteiger partial charge in [0.25, 0.3) is 0 Å². The number of benzene rings is 3. The Labute approximate surface area is 294 Å². The van der Waals surface area contributed by atoms with Gasteiger partial charge in [0, 0.05) is 11.6 Å². The quantitative estimate of drug-likeness (QED) is 0.0593. The van der Waals surface area contributed by atoms with E-state index in [4.69, 9.17) is 9.47 Å². The molecule has 52 heavy (non-hydrogen) atoms. The second-order valence-electron chi connectivity index (χ2n) is 12.9. The molecular formula is C37H37F9O6. The smallest absolute Gasteiger partial charge is 0.432 e. The molecule has 0 saturated heterocycles. The predicted octanol–water partition coefficient (Wildman–Crippen LogP) is 9.99. The highest BCUT2D eigenvalue weighted by atomic mass is 19.3. The van der Waals surface area contributed by atoms with Gasteiger partial charge >= 0.3 is 24.2 Å². The Kier molecular flexibility index (Phi) is 13.8. The second-order valence-corrected chi connectivity index (χ2v) is 12.9. The number of alkyl halides is 4. The normalized spacial score (nSPS) is 12.0. The van der Waals surface area contributed by atoms with Crippen molar-refractivity contribution in [3.8, 4) is 11.5 Å². The van der Waals surface area contributed by atoms with Crippen molar-refractivity contribution < 1.29 is 68.1 Å². The summed E-state index contributed by atoms with van der Waals surface area (Å²) in [6, 6.07) is 3.64. The molecule has 3 rings (SSSR count). The topological polar surface area (TPSA) is 71.1 Å². The highest BCUT2D eigenvalue weighted by molar-refractivity contribution is 5.86. The van der Waals surface area contributed by atoms with E-state index < -0.39 is 81.3 Å². The first-order chi connectivity index (χ1) is 24.1. The van der Waals surface area contributed by atoms with E-state index in [0.717, 1.165) is 0 Å². The molecule has 0 radical (unpaired) electrons. The number of hydrogen-bond acceptors (Lipinski definition) is 6. The fourth-order valence-corrected chi connectivity index (χ4v) is 4.64. The Bertz CT molecular complexity index is 1720. The molecule has 0 N–H and O–H groups in total. The van der Waals surface area contributed by atoms with Crippen molar-refractivity contribution in [2.75, 3.05) is 13.2 Å². The minimum atomic E-state index is -4.79. The van der Waals surface area contributed by atoms with Gasteiger partial charge in [-0.05, 0) is 114 Å². The van der Waals surface area contributed by atoms with E-state index in [-0.39, 0.29) is 55.2 Å². The van der Waals surface area contributed by atoms with Gasteiger partial charge in [0.15, 0.2) is 11.6 Å². The molecule has 0 unspecified atom stereocenters. The third-order valence-corrected chi connectivity index (χ3v) is 7.32. The lowest BCUT2D eigenvalue weighted by atomic mass is 9.97. The molecule has 6 nitrogen and oxygen atoms in total. The van der Waals surface area contributed by atoms with E-state index in [1.54, 1.807) is 20.8 Å². The third-order valence-electron chi connectivity index (χ3n) is 7.32. The number of carbonyl (C=O) groups excluding carboxylic acids is 2. The van der Waals surface area contributed by atoms with Crippen LogP contribution in [-0.4, -0.2) is 25.2 Å². The molecule has 0 aromatic heterocycles. The van der Waals surface area contributed by atoms with Crippen LogP contribution in [0.2, 0.25) is 0 Å². The zero-order valence-electron chi connectivity index (χ0n) is 28.8. The van der Waals surface area contributed by atoms with Crippen molar-refractivity contribution in [1.82, 2.24) is 0 Å². The summed E-state index contributed by atoms with van der Waals surface area (Å²) in [6.45, 7) is 9.91. The largest absolute Gasteiger partial charge is 0.465 e. The van der Waals surface area contributed by atoms with Crippen LogP contribution in [0.4, 0.5) is 39.5 Å². The lowest BCUT2D eigenvalue weighted by molar-refractivity contribution is -0.193. The summed E-state index contributed by atoms with van der Waals surface area (Å²) < 4.78 is 152. The van der Waals surface area contributed by atoms with E-state index in [1.165, 1.54) is 6.92 Å². The van der Waals surface area contributed by atoms with Gasteiger partial charge in [0.05, 0.1) is 18.6 Å². The predicted molar refractivity (Wildman–Crippen MR) is 170 cm³/mol. The van der Waals surface area contributed by atoms with Crippen molar-refractivity contribution in [2.45, 2.75) is 78.4 Å². The second kappa shape index (κ2) is 17.2. The van der Waals surface area contributed by atoms with Crippen LogP contribution in [0, 0.1) is 34.5 Å². The summed E-state index contributed by atoms with van der Waals surface area (Å²) >= 11 is 0. The average molecular weight is 749 g/mol. The van der Waals surface area contributed by atoms with Crippen molar-refractivity contribution in [3.63, 3.8) is 0 Å². The van der Waals surface area contributed by atoms with Gasteiger partial charge in [-0.1, -0.05) is 6.58 Å². The van der Waals surface area contributed by atoms with E-state index in [0.29, 0.717) is 55.7 Å². The number of hydrogen-bond donors (Lipinski definition) is 0. The average Bonchev–Trinajstić information content (AvgIpc) is 3.00. The third kappa shape index (κ3) is 11.4. The molecule has 3 aromatic carbocycles. The standard InChI is InChI=1S/C37H37F9O6/c1-21(2)33(47)49-14-8-6-10-22-18-28(41)32(29(42)19-22)37(45,46)52-30-13-12-24(20-25(30)38)51-36(43,44)31-26(39)16-23(17-27(31)40)11-7-9-15-50-34(48)35(3,4)5/h12-13,16-20H,1,6-11,14-15H2,2-5H3. The summed E-state index contributed by atoms with van der Waals surface area (Å²) in [7, 11) is 0. The highest BCUT2D eigenvalue weighted by Gasteiger charge is 2.43. The monoisotopic (exact) mass is 748 g/mol. The molecule has 0 aliphatic carbocycles. The number of esters is 2. The summed E-state index contributed by atoms with van der Waals surface area (Å²) in [4.78, 5) is 23.2. The molecule has 0 atom stereocenters. The Morgan fingerprint density at radius 2 is 1.08 bits per heavy atom. The molecule has 0 heterocycles. The first kappa shape index (κ1) is 41.7. The van der Waals surface area contributed by atoms with Gasteiger partial charge in [-0.3, -0.25) is 4.79 Å². The molecule has 0 aliphatic rings. The fourth-order valence-electron chi connectivity index (χ4n) is 4.64. The molecule has 15 heteroatoms. The molecule has 0 fully saturated rings. The van der Waals surface area contributed by atoms with Gasteiger partial charge in [-0.15, -0.1) is 0 Å². The molecule has 0 aliphatic heterocycles. The van der Waals surface area contributed by atoms with Crippen molar-refractivity contribution in [1.29, 1.82) is 0 Å². The molecule has 0 amide bonds. The number of carbonyl (C=O) groups is 2. The Balaban J connectivity index is 1.64. The number of unbranched alkanes of at least 4 members (excludes halogenated alkanes) is 2. The van der Waals surface area contributed by atoms with Crippen LogP contribution in [0.15, 0.2) is 54.6 Å². The Morgan fingerprint density at radius 1 is 0.635 bits per heavy atom. The van der Waals surface area contributed by atoms with Crippen LogP contribution < -0.4 is 9.47 Å². The van der Waals surface area contributed by atoms with Crippen molar-refractivity contribution in [2.24, 2.45) is 5.41 Å². The zero-order chi connectivity index (χ0) is 39.0. The van der Waals surface area contributed by atoms with Crippen molar-refractivity contribution in [3.05, 3.63) is 106 Å². The zero-order valence-corrected chi connectivity index (χ0v) is 28.8. The lowest BCUT2D eigenvalue weighted by Crippen LogP contribution is -2.26. The molecular weight excluding hydrogens is 711 g/mol. The summed E-state index contributed by atoms with van der Waals surface area (Å²) in [5.41, 5.74) is -4.17. The van der Waals surface area contributed by atoms with E-state index in [9.17, 15) is 49.1 Å². The summed E-state index contributed by atoms with van der Waals surface area (Å²) in [6.07, 6.45) is -8.21. The van der Waals surface area contributed by atoms with E-state index in [2.05, 4.69) is 16.1 Å². The first-order valence-corrected chi connectivity index (χ1v) is 16.0. The maximum atomic E-state index is 14.9. The van der Waals surface area contributed by atoms with Crippen LogP contribution in [0.25, 0.3) is 0 Å². The summed E-state index contributed by atoms with van der Waals surface area (Å²) in [5, 5.41) is 0. The van der Waals surface area contributed by atoms with E-state index >= 15 is 0 Å². The maximum Gasteiger partial charge on any atom is 0.432 e. The van der Waals surface area contributed by atoms with Gasteiger partial charge in [0.2, 0.25) is 0 Å². The molecule has 0 saturated carbocycles. The minimum Gasteiger partial charge on any atom is -0.465 e. The van der Waals surface area contributed by atoms with Gasteiger partial charge in [-0.25, -0.2) is 26.7 Å². The van der Waals surface area contributed by atoms with Gasteiger partial charge in [0.1, 0.15) is 40.1 Å². The number of halogens is 9. The lowest BCUT2D eigenvalue weighted by Gasteiger charge is -2.22. The summed E-state index contributed by atoms with van der Waals surface area (Å²) in [5.74, 6) is -12.0. The van der Waals surface area contributed by atoms with Crippen LogP contribution in [0.3, 0.4) is 0 Å². The SMILES string of the molecule is C=C(C)C(=O)OCCCCc1cc(F)c(C(F)(F)Oc2ccc(OC(F)(F)c3c(F)cc(CCCCOC(=O)C(C)(C)C)cc3F)cc2F)c(F)c1. The Morgan fingerprint density at radius 3 is 1.50 bits per heavy atom. The molecule has 0 spiro atoms. The van der Waals surface area contributed by atoms with E-state index in [1.807, 2.05) is 0 Å². The molecule has 284 valence electrons. The molecule has 3 aromatic rings.